The van der Waals surface area contributed by atoms with Crippen LogP contribution in [0.3, 0.4) is 0 Å². The molecule has 1 aliphatic heterocycles. The molecule has 0 spiro atoms. The van der Waals surface area contributed by atoms with E-state index in [0.717, 1.165) is 73.4 Å². The molecule has 1 aromatic heterocycles. The summed E-state index contributed by atoms with van der Waals surface area (Å²) in [4.78, 5) is 26.3. The first-order chi connectivity index (χ1) is 13.5. The Morgan fingerprint density at radius 1 is 1.07 bits per heavy atom. The number of hydrogen-bond acceptors (Lipinski definition) is 4. The molecule has 6 heteroatoms. The lowest BCUT2D eigenvalue weighted by atomic mass is 9.84. The summed E-state index contributed by atoms with van der Waals surface area (Å²) in [6.07, 6.45) is 4.10. The van der Waals surface area contributed by atoms with E-state index in [4.69, 9.17) is 16.6 Å². The summed E-state index contributed by atoms with van der Waals surface area (Å²) >= 11 is 6.03. The third-order valence-electron chi connectivity index (χ3n) is 5.94. The van der Waals surface area contributed by atoms with Crippen molar-refractivity contribution >= 4 is 23.3 Å². The molecule has 1 amide bonds. The monoisotopic (exact) mass is 398 g/mol. The van der Waals surface area contributed by atoms with Crippen LogP contribution in [0.1, 0.15) is 41.9 Å². The van der Waals surface area contributed by atoms with Gasteiger partial charge in [-0.1, -0.05) is 30.2 Å². The number of carbonyl (C=O) groups excluding carboxylic acids is 1. The fourth-order valence-corrected chi connectivity index (χ4v) is 4.17. The number of benzene rings is 1. The average molecular weight is 399 g/mol. The van der Waals surface area contributed by atoms with E-state index < -0.39 is 0 Å². The summed E-state index contributed by atoms with van der Waals surface area (Å²) in [5, 5.41) is 0.744. The van der Waals surface area contributed by atoms with E-state index in [9.17, 15) is 4.79 Å². The number of rotatable bonds is 4. The number of aryl methyl sites for hydroxylation is 2. The van der Waals surface area contributed by atoms with E-state index in [2.05, 4.69) is 28.9 Å². The molecule has 2 heterocycles. The van der Waals surface area contributed by atoms with Crippen LogP contribution in [-0.2, 0) is 11.2 Å². The first-order valence-corrected chi connectivity index (χ1v) is 10.5. The highest BCUT2D eigenvalue weighted by molar-refractivity contribution is 6.30. The Kier molecular flexibility index (Phi) is 5.54. The lowest BCUT2D eigenvalue weighted by Gasteiger charge is -2.39. The molecular weight excluding hydrogens is 372 g/mol. The Hall–Kier alpha value is -2.14. The van der Waals surface area contributed by atoms with Crippen molar-refractivity contribution in [2.24, 2.45) is 5.92 Å². The van der Waals surface area contributed by atoms with E-state index in [0.29, 0.717) is 5.91 Å². The molecule has 1 aliphatic carbocycles. The molecule has 0 radical (unpaired) electrons. The molecule has 1 aromatic carbocycles. The van der Waals surface area contributed by atoms with Gasteiger partial charge in [0.2, 0.25) is 5.91 Å². The third kappa shape index (κ3) is 4.00. The van der Waals surface area contributed by atoms with Gasteiger partial charge in [0.05, 0.1) is 0 Å². The highest BCUT2D eigenvalue weighted by Crippen LogP contribution is 2.30. The molecule has 0 atom stereocenters. The van der Waals surface area contributed by atoms with E-state index in [-0.39, 0.29) is 5.92 Å². The van der Waals surface area contributed by atoms with Crippen LogP contribution in [0.25, 0.3) is 0 Å². The van der Waals surface area contributed by atoms with Crippen molar-refractivity contribution in [1.82, 2.24) is 14.9 Å². The van der Waals surface area contributed by atoms with E-state index >= 15 is 0 Å². The highest BCUT2D eigenvalue weighted by Gasteiger charge is 2.32. The largest absolute Gasteiger partial charge is 0.353 e. The normalized spacial score (nSPS) is 17.5. The van der Waals surface area contributed by atoms with E-state index in [1.165, 1.54) is 12.0 Å². The summed E-state index contributed by atoms with van der Waals surface area (Å²) < 4.78 is 0. The summed E-state index contributed by atoms with van der Waals surface area (Å²) in [6, 6.07) is 7.96. The predicted octanol–water partition coefficient (Wildman–Crippen LogP) is 3.79. The van der Waals surface area contributed by atoms with Gasteiger partial charge >= 0.3 is 0 Å². The molecule has 4 rings (SSSR count). The minimum absolute atomic E-state index is 0.274. The van der Waals surface area contributed by atoms with E-state index in [1.54, 1.807) is 0 Å². The number of nitrogens with zero attached hydrogens (tertiary/aromatic N) is 4. The molecule has 0 unspecified atom stereocenters. The number of aromatic nitrogens is 2. The summed E-state index contributed by atoms with van der Waals surface area (Å²) in [6.45, 7) is 7.19. The molecule has 1 saturated heterocycles. The van der Waals surface area contributed by atoms with Crippen LogP contribution in [0.2, 0.25) is 5.02 Å². The Morgan fingerprint density at radius 2 is 1.75 bits per heavy atom. The highest BCUT2D eigenvalue weighted by atomic mass is 35.5. The van der Waals surface area contributed by atoms with Crippen LogP contribution < -0.4 is 4.90 Å². The lowest BCUT2D eigenvalue weighted by Crippen LogP contribution is -2.51. The van der Waals surface area contributed by atoms with Gasteiger partial charge < -0.3 is 9.80 Å². The van der Waals surface area contributed by atoms with Gasteiger partial charge in [-0.05, 0) is 44.4 Å². The second-order valence-electron chi connectivity index (χ2n) is 7.90. The van der Waals surface area contributed by atoms with Crippen LogP contribution in [0.5, 0.6) is 0 Å². The molecule has 28 heavy (non-hydrogen) atoms. The third-order valence-corrected chi connectivity index (χ3v) is 6.20. The lowest BCUT2D eigenvalue weighted by molar-refractivity contribution is -0.138. The molecule has 0 N–H and O–H groups in total. The molecule has 2 aliphatic rings. The standard InChI is InChI=1S/C22H27ClN4O/c1-15-20(14-17-6-8-19(23)9-7-17)21(25-16(2)24-15)26-10-12-27(13-11-26)22(28)18-4-3-5-18/h6-9,18H,3-5,10-14H2,1-2H3. The zero-order valence-corrected chi connectivity index (χ0v) is 17.4. The number of hydrogen-bond donors (Lipinski definition) is 0. The number of carbonyl (C=O) groups is 1. The van der Waals surface area contributed by atoms with Crippen molar-refractivity contribution in [3.63, 3.8) is 0 Å². The first kappa shape index (κ1) is 19.2. The minimum Gasteiger partial charge on any atom is -0.353 e. The maximum Gasteiger partial charge on any atom is 0.225 e. The van der Waals surface area contributed by atoms with Crippen molar-refractivity contribution in [2.75, 3.05) is 31.1 Å². The summed E-state index contributed by atoms with van der Waals surface area (Å²) in [5.74, 6) is 2.42. The van der Waals surface area contributed by atoms with Gasteiger partial charge in [0.1, 0.15) is 11.6 Å². The smallest absolute Gasteiger partial charge is 0.225 e. The van der Waals surface area contributed by atoms with Gasteiger partial charge in [-0.2, -0.15) is 0 Å². The maximum absolute atomic E-state index is 12.5. The van der Waals surface area contributed by atoms with Crippen LogP contribution in [-0.4, -0.2) is 47.0 Å². The Morgan fingerprint density at radius 3 is 2.36 bits per heavy atom. The average Bonchev–Trinajstić information content (AvgIpc) is 2.64. The van der Waals surface area contributed by atoms with Crippen LogP contribution in [0.15, 0.2) is 24.3 Å². The fourth-order valence-electron chi connectivity index (χ4n) is 4.04. The Labute approximate surface area is 171 Å². The molecule has 2 fully saturated rings. The second-order valence-corrected chi connectivity index (χ2v) is 8.34. The topological polar surface area (TPSA) is 49.3 Å². The first-order valence-electron chi connectivity index (χ1n) is 10.1. The second kappa shape index (κ2) is 8.08. The minimum atomic E-state index is 0.274. The van der Waals surface area contributed by atoms with Gasteiger partial charge in [-0.3, -0.25) is 4.79 Å². The van der Waals surface area contributed by atoms with Gasteiger partial charge in [-0.25, -0.2) is 9.97 Å². The van der Waals surface area contributed by atoms with Crippen LogP contribution >= 0.6 is 11.6 Å². The summed E-state index contributed by atoms with van der Waals surface area (Å²) in [5.41, 5.74) is 3.37. The molecule has 1 saturated carbocycles. The number of halogens is 1. The van der Waals surface area contributed by atoms with Crippen LogP contribution in [0.4, 0.5) is 5.82 Å². The quantitative estimate of drug-likeness (QED) is 0.786. The number of amides is 1. The van der Waals surface area contributed by atoms with Crippen molar-refractivity contribution < 1.29 is 4.79 Å². The molecule has 2 aromatic rings. The number of piperazine rings is 1. The molecular formula is C22H27ClN4O. The zero-order chi connectivity index (χ0) is 19.7. The van der Waals surface area contributed by atoms with Crippen molar-refractivity contribution in [3.05, 3.63) is 51.9 Å². The van der Waals surface area contributed by atoms with Crippen molar-refractivity contribution in [1.29, 1.82) is 0 Å². The fraction of sp³-hybridized carbons (Fsp3) is 0.500. The van der Waals surface area contributed by atoms with E-state index in [1.807, 2.05) is 24.0 Å². The SMILES string of the molecule is Cc1nc(C)c(Cc2ccc(Cl)cc2)c(N2CCN(C(=O)C3CCC3)CC2)n1. The van der Waals surface area contributed by atoms with Crippen LogP contribution in [0, 0.1) is 19.8 Å². The van der Waals surface area contributed by atoms with Gasteiger partial charge in [-0.15, -0.1) is 0 Å². The number of anilines is 1. The Bertz CT molecular complexity index is 856. The van der Waals surface area contributed by atoms with Gasteiger partial charge in [0.15, 0.2) is 0 Å². The molecule has 0 bridgehead atoms. The maximum atomic E-state index is 12.5. The molecule has 5 nitrogen and oxygen atoms in total. The van der Waals surface area contributed by atoms with Gasteiger partial charge in [0, 0.05) is 54.8 Å². The summed E-state index contributed by atoms with van der Waals surface area (Å²) in [7, 11) is 0. The zero-order valence-electron chi connectivity index (χ0n) is 16.6. The van der Waals surface area contributed by atoms with Crippen molar-refractivity contribution in [3.8, 4) is 0 Å². The Balaban J connectivity index is 1.52. The van der Waals surface area contributed by atoms with Gasteiger partial charge in [0.25, 0.3) is 0 Å². The van der Waals surface area contributed by atoms with Crippen molar-refractivity contribution in [2.45, 2.75) is 39.5 Å². The predicted molar refractivity (Wildman–Crippen MR) is 112 cm³/mol. The molecule has 148 valence electrons.